The van der Waals surface area contributed by atoms with Crippen LogP contribution in [0.1, 0.15) is 19.7 Å². The van der Waals surface area contributed by atoms with Crippen LogP contribution in [-0.2, 0) is 13.0 Å². The number of nitrogens with two attached hydrogens (primary N) is 2. The van der Waals surface area contributed by atoms with Gasteiger partial charge in [0.15, 0.2) is 5.82 Å². The molecule has 2 heterocycles. The average molecular weight is 220 g/mol. The Morgan fingerprint density at radius 1 is 1.38 bits per heavy atom. The zero-order valence-corrected chi connectivity index (χ0v) is 9.51. The van der Waals surface area contributed by atoms with Crippen LogP contribution in [0.2, 0.25) is 0 Å². The standard InChI is InChI=1S/C10H16N6/c1-3-8-14-9(10(11)16(8)12)7-5-13-6-15(7)4-2/h5-6H,3-4,11-12H2,1-2H3. The van der Waals surface area contributed by atoms with Gasteiger partial charge < -0.3 is 16.1 Å². The lowest BCUT2D eigenvalue weighted by atomic mass is 10.3. The lowest BCUT2D eigenvalue weighted by Crippen LogP contribution is -2.14. The Balaban J connectivity index is 2.56. The number of nitrogen functional groups attached to an aromatic ring is 2. The molecule has 2 aromatic rings. The number of nitrogens with zero attached hydrogens (tertiary/aromatic N) is 4. The minimum Gasteiger partial charge on any atom is -0.382 e. The number of aryl methyl sites for hydroxylation is 2. The van der Waals surface area contributed by atoms with E-state index < -0.39 is 0 Å². The first-order chi connectivity index (χ1) is 7.69. The van der Waals surface area contributed by atoms with Crippen LogP contribution in [0.5, 0.6) is 0 Å². The smallest absolute Gasteiger partial charge is 0.152 e. The zero-order chi connectivity index (χ0) is 11.7. The predicted octanol–water partition coefficient (Wildman–Crippen LogP) is 0.625. The van der Waals surface area contributed by atoms with Crippen molar-refractivity contribution in [3.8, 4) is 11.4 Å². The molecule has 4 N–H and O–H groups in total. The van der Waals surface area contributed by atoms with Crippen LogP contribution in [0, 0.1) is 0 Å². The second-order valence-corrected chi connectivity index (χ2v) is 3.55. The zero-order valence-electron chi connectivity index (χ0n) is 9.51. The highest BCUT2D eigenvalue weighted by Crippen LogP contribution is 2.24. The Labute approximate surface area is 93.9 Å². The minimum atomic E-state index is 0.479. The fourth-order valence-electron chi connectivity index (χ4n) is 1.70. The number of aromatic nitrogens is 4. The Hall–Kier alpha value is -1.98. The molecule has 2 aromatic heterocycles. The van der Waals surface area contributed by atoms with Gasteiger partial charge in [-0.15, -0.1) is 0 Å². The summed E-state index contributed by atoms with van der Waals surface area (Å²) in [4.78, 5) is 8.52. The highest BCUT2D eigenvalue weighted by molar-refractivity contribution is 5.68. The molecule has 0 unspecified atom stereocenters. The summed E-state index contributed by atoms with van der Waals surface area (Å²) in [5.41, 5.74) is 7.54. The molecule has 0 atom stereocenters. The van der Waals surface area contributed by atoms with Crippen molar-refractivity contribution in [2.24, 2.45) is 0 Å². The summed E-state index contributed by atoms with van der Waals surface area (Å²) < 4.78 is 3.42. The van der Waals surface area contributed by atoms with Crippen LogP contribution < -0.4 is 11.6 Å². The third kappa shape index (κ3) is 1.42. The van der Waals surface area contributed by atoms with Gasteiger partial charge in [0.2, 0.25) is 0 Å². The highest BCUT2D eigenvalue weighted by atomic mass is 15.4. The molecule has 0 bridgehead atoms. The van der Waals surface area contributed by atoms with E-state index in [0.717, 1.165) is 24.5 Å². The third-order valence-electron chi connectivity index (χ3n) is 2.63. The number of hydrogen-bond donors (Lipinski definition) is 2. The Morgan fingerprint density at radius 3 is 2.69 bits per heavy atom. The maximum Gasteiger partial charge on any atom is 0.152 e. The molecule has 0 saturated heterocycles. The van der Waals surface area contributed by atoms with E-state index in [1.807, 2.05) is 18.4 Å². The van der Waals surface area contributed by atoms with Crippen molar-refractivity contribution in [3.05, 3.63) is 18.3 Å². The lowest BCUT2D eigenvalue weighted by Gasteiger charge is -2.03. The fourth-order valence-corrected chi connectivity index (χ4v) is 1.70. The normalized spacial score (nSPS) is 10.9. The number of anilines is 1. The molecule has 0 aromatic carbocycles. The summed E-state index contributed by atoms with van der Waals surface area (Å²) >= 11 is 0. The Bertz CT molecular complexity index is 495. The molecular formula is C10H16N6. The molecule has 0 aliphatic heterocycles. The summed E-state index contributed by atoms with van der Waals surface area (Å²) in [5.74, 6) is 7.06. The van der Waals surface area contributed by atoms with Gasteiger partial charge in [0.25, 0.3) is 0 Å². The second kappa shape index (κ2) is 3.88. The van der Waals surface area contributed by atoms with E-state index in [9.17, 15) is 0 Å². The number of rotatable bonds is 3. The van der Waals surface area contributed by atoms with Crippen LogP contribution in [0.15, 0.2) is 12.5 Å². The van der Waals surface area contributed by atoms with Crippen molar-refractivity contribution in [1.82, 2.24) is 19.2 Å². The number of imidazole rings is 2. The molecule has 0 spiro atoms. The quantitative estimate of drug-likeness (QED) is 0.742. The van der Waals surface area contributed by atoms with E-state index in [-0.39, 0.29) is 0 Å². The molecule has 6 heteroatoms. The molecule has 0 radical (unpaired) electrons. The van der Waals surface area contributed by atoms with Gasteiger partial charge in [-0.05, 0) is 6.92 Å². The first kappa shape index (κ1) is 10.5. The van der Waals surface area contributed by atoms with Gasteiger partial charge in [-0.25, -0.2) is 14.6 Å². The van der Waals surface area contributed by atoms with E-state index in [0.29, 0.717) is 11.5 Å². The largest absolute Gasteiger partial charge is 0.382 e. The van der Waals surface area contributed by atoms with Crippen molar-refractivity contribution in [2.45, 2.75) is 26.8 Å². The van der Waals surface area contributed by atoms with Crippen LogP contribution in [0.3, 0.4) is 0 Å². The van der Waals surface area contributed by atoms with E-state index in [4.69, 9.17) is 11.6 Å². The van der Waals surface area contributed by atoms with Crippen LogP contribution >= 0.6 is 0 Å². The van der Waals surface area contributed by atoms with Gasteiger partial charge in [0.05, 0.1) is 18.2 Å². The van der Waals surface area contributed by atoms with E-state index in [1.54, 1.807) is 12.5 Å². The van der Waals surface area contributed by atoms with E-state index >= 15 is 0 Å². The molecule has 0 saturated carbocycles. The molecule has 0 fully saturated rings. The van der Waals surface area contributed by atoms with Gasteiger partial charge in [-0.1, -0.05) is 6.92 Å². The second-order valence-electron chi connectivity index (χ2n) is 3.55. The molecular weight excluding hydrogens is 204 g/mol. The van der Waals surface area contributed by atoms with Crippen molar-refractivity contribution in [2.75, 3.05) is 11.6 Å². The summed E-state index contributed by atoms with van der Waals surface area (Å²) in [6, 6.07) is 0. The highest BCUT2D eigenvalue weighted by Gasteiger charge is 2.16. The molecule has 0 aliphatic carbocycles. The van der Waals surface area contributed by atoms with Gasteiger partial charge in [0.1, 0.15) is 11.5 Å². The monoisotopic (exact) mass is 220 g/mol. The SMILES string of the molecule is CCc1nc(-c2cncn2CC)c(N)n1N. The third-order valence-corrected chi connectivity index (χ3v) is 2.63. The predicted molar refractivity (Wildman–Crippen MR) is 63.1 cm³/mol. The van der Waals surface area contributed by atoms with Crippen LogP contribution in [0.25, 0.3) is 11.4 Å². The van der Waals surface area contributed by atoms with Crippen molar-refractivity contribution in [3.63, 3.8) is 0 Å². The average Bonchev–Trinajstić information content (AvgIpc) is 2.86. The summed E-state index contributed by atoms with van der Waals surface area (Å²) in [7, 11) is 0. The molecule has 0 amide bonds. The van der Waals surface area contributed by atoms with Crippen LogP contribution in [-0.4, -0.2) is 19.2 Å². The molecule has 0 aliphatic rings. The van der Waals surface area contributed by atoms with E-state index in [2.05, 4.69) is 9.97 Å². The van der Waals surface area contributed by atoms with Gasteiger partial charge in [0, 0.05) is 13.0 Å². The first-order valence-electron chi connectivity index (χ1n) is 5.31. The first-order valence-corrected chi connectivity index (χ1v) is 5.31. The maximum atomic E-state index is 5.93. The minimum absolute atomic E-state index is 0.479. The number of hydrogen-bond acceptors (Lipinski definition) is 4. The molecule has 86 valence electrons. The maximum absolute atomic E-state index is 5.93. The van der Waals surface area contributed by atoms with Gasteiger partial charge >= 0.3 is 0 Å². The Kier molecular flexibility index (Phi) is 2.55. The lowest BCUT2D eigenvalue weighted by molar-refractivity contribution is 0.767. The summed E-state index contributed by atoms with van der Waals surface area (Å²) in [5, 5.41) is 0. The van der Waals surface area contributed by atoms with Crippen molar-refractivity contribution in [1.29, 1.82) is 0 Å². The Morgan fingerprint density at radius 2 is 2.12 bits per heavy atom. The van der Waals surface area contributed by atoms with Crippen LogP contribution in [0.4, 0.5) is 5.82 Å². The van der Waals surface area contributed by atoms with Crippen molar-refractivity contribution >= 4 is 5.82 Å². The molecule has 6 nitrogen and oxygen atoms in total. The van der Waals surface area contributed by atoms with Crippen molar-refractivity contribution < 1.29 is 0 Å². The molecule has 16 heavy (non-hydrogen) atoms. The summed E-state index contributed by atoms with van der Waals surface area (Å²) in [6.45, 7) is 4.86. The van der Waals surface area contributed by atoms with Gasteiger partial charge in [-0.3, -0.25) is 0 Å². The van der Waals surface area contributed by atoms with Gasteiger partial charge in [-0.2, -0.15) is 0 Å². The summed E-state index contributed by atoms with van der Waals surface area (Å²) in [6.07, 6.45) is 4.26. The molecule has 2 rings (SSSR count). The van der Waals surface area contributed by atoms with E-state index in [1.165, 1.54) is 4.68 Å². The topological polar surface area (TPSA) is 87.7 Å². The fraction of sp³-hybridized carbons (Fsp3) is 0.400.